The second kappa shape index (κ2) is 6.26. The molecule has 0 amide bonds. The Hall–Kier alpha value is -1.26. The van der Waals surface area contributed by atoms with E-state index in [9.17, 15) is 8.78 Å². The summed E-state index contributed by atoms with van der Waals surface area (Å²) in [7, 11) is 0. The number of rotatable bonds is 5. The van der Waals surface area contributed by atoms with Gasteiger partial charge in [-0.1, -0.05) is 6.07 Å². The van der Waals surface area contributed by atoms with Gasteiger partial charge in [-0.2, -0.15) is 11.3 Å². The van der Waals surface area contributed by atoms with Crippen LogP contribution in [0.25, 0.3) is 0 Å². The molecule has 0 saturated heterocycles. The first-order valence-electron chi connectivity index (χ1n) is 6.29. The fourth-order valence-corrected chi connectivity index (χ4v) is 2.94. The first-order valence-corrected chi connectivity index (χ1v) is 7.23. The standard InChI is InChI=1S/C15H17F2NS/c1-10(8-12-6-7-19-9-12)18-11(2)15-13(16)4-3-5-14(15)17/h3-7,9-11,18H,8H2,1-2H3. The van der Waals surface area contributed by atoms with Crippen LogP contribution in [0, 0.1) is 11.6 Å². The van der Waals surface area contributed by atoms with Gasteiger partial charge in [0.1, 0.15) is 11.6 Å². The zero-order valence-corrected chi connectivity index (χ0v) is 11.8. The number of hydrogen-bond donors (Lipinski definition) is 1. The van der Waals surface area contributed by atoms with E-state index in [-0.39, 0.29) is 17.6 Å². The van der Waals surface area contributed by atoms with Crippen molar-refractivity contribution in [2.24, 2.45) is 0 Å². The molecule has 0 bridgehead atoms. The molecule has 1 aromatic heterocycles. The molecule has 0 radical (unpaired) electrons. The third kappa shape index (κ3) is 3.61. The number of hydrogen-bond acceptors (Lipinski definition) is 2. The van der Waals surface area contributed by atoms with Crippen molar-refractivity contribution in [1.29, 1.82) is 0 Å². The van der Waals surface area contributed by atoms with Crippen LogP contribution in [-0.2, 0) is 6.42 Å². The first-order chi connectivity index (χ1) is 9.08. The van der Waals surface area contributed by atoms with Crippen LogP contribution in [0.4, 0.5) is 8.78 Å². The molecule has 0 spiro atoms. The van der Waals surface area contributed by atoms with Crippen molar-refractivity contribution in [3.63, 3.8) is 0 Å². The van der Waals surface area contributed by atoms with Gasteiger partial charge in [0.25, 0.3) is 0 Å². The Morgan fingerprint density at radius 1 is 1.16 bits per heavy atom. The highest BCUT2D eigenvalue weighted by Gasteiger charge is 2.17. The molecule has 0 aliphatic carbocycles. The van der Waals surface area contributed by atoms with Crippen molar-refractivity contribution in [2.75, 3.05) is 0 Å². The van der Waals surface area contributed by atoms with Crippen molar-refractivity contribution in [3.8, 4) is 0 Å². The van der Waals surface area contributed by atoms with Crippen LogP contribution in [-0.4, -0.2) is 6.04 Å². The highest BCUT2D eigenvalue weighted by molar-refractivity contribution is 7.07. The molecule has 2 atom stereocenters. The SMILES string of the molecule is CC(Cc1ccsc1)NC(C)c1c(F)cccc1F. The van der Waals surface area contributed by atoms with E-state index in [1.807, 2.05) is 12.3 Å². The smallest absolute Gasteiger partial charge is 0.130 e. The maximum absolute atomic E-state index is 13.7. The van der Waals surface area contributed by atoms with E-state index >= 15 is 0 Å². The van der Waals surface area contributed by atoms with E-state index in [2.05, 4.69) is 16.8 Å². The molecule has 0 aliphatic heterocycles. The molecule has 2 aromatic rings. The summed E-state index contributed by atoms with van der Waals surface area (Å²) in [6, 6.07) is 5.84. The monoisotopic (exact) mass is 281 g/mol. The van der Waals surface area contributed by atoms with Crippen LogP contribution < -0.4 is 5.32 Å². The summed E-state index contributed by atoms with van der Waals surface area (Å²) in [4.78, 5) is 0. The van der Waals surface area contributed by atoms with E-state index < -0.39 is 11.6 Å². The van der Waals surface area contributed by atoms with Gasteiger partial charge in [-0.3, -0.25) is 0 Å². The maximum Gasteiger partial charge on any atom is 0.130 e. The minimum absolute atomic E-state index is 0.111. The van der Waals surface area contributed by atoms with E-state index in [1.54, 1.807) is 18.3 Å². The van der Waals surface area contributed by atoms with Crippen LogP contribution in [0.1, 0.15) is 31.0 Å². The molecular weight excluding hydrogens is 264 g/mol. The van der Waals surface area contributed by atoms with Crippen LogP contribution in [0.15, 0.2) is 35.0 Å². The predicted molar refractivity (Wildman–Crippen MR) is 75.4 cm³/mol. The third-order valence-corrected chi connectivity index (χ3v) is 3.82. The Morgan fingerprint density at radius 3 is 2.42 bits per heavy atom. The van der Waals surface area contributed by atoms with E-state index in [4.69, 9.17) is 0 Å². The van der Waals surface area contributed by atoms with Gasteiger partial charge in [0, 0.05) is 17.6 Å². The van der Waals surface area contributed by atoms with Gasteiger partial charge in [0.2, 0.25) is 0 Å². The lowest BCUT2D eigenvalue weighted by Crippen LogP contribution is -2.31. The molecule has 0 aliphatic rings. The minimum atomic E-state index is -0.497. The average molecular weight is 281 g/mol. The number of thiophene rings is 1. The molecular formula is C15H17F2NS. The molecule has 102 valence electrons. The third-order valence-electron chi connectivity index (χ3n) is 3.09. The Labute approximate surface area is 116 Å². The summed E-state index contributed by atoms with van der Waals surface area (Å²) >= 11 is 1.65. The normalized spacial score (nSPS) is 14.3. The number of nitrogens with one attached hydrogen (secondary N) is 1. The predicted octanol–water partition coefficient (Wildman–Crippen LogP) is 4.31. The highest BCUT2D eigenvalue weighted by atomic mass is 32.1. The summed E-state index contributed by atoms with van der Waals surface area (Å²) in [6.45, 7) is 3.80. The Kier molecular flexibility index (Phi) is 4.66. The van der Waals surface area contributed by atoms with Crippen molar-refractivity contribution in [1.82, 2.24) is 5.32 Å². The molecule has 1 nitrogen and oxygen atoms in total. The minimum Gasteiger partial charge on any atom is -0.307 e. The average Bonchev–Trinajstić information content (AvgIpc) is 2.81. The fourth-order valence-electron chi connectivity index (χ4n) is 2.26. The van der Waals surface area contributed by atoms with Crippen LogP contribution >= 0.6 is 11.3 Å². The zero-order chi connectivity index (χ0) is 13.8. The summed E-state index contributed by atoms with van der Waals surface area (Å²) < 4.78 is 27.3. The van der Waals surface area contributed by atoms with Gasteiger partial charge >= 0.3 is 0 Å². The quantitative estimate of drug-likeness (QED) is 0.861. The molecule has 1 aromatic carbocycles. The summed E-state index contributed by atoms with van der Waals surface area (Å²) in [6.07, 6.45) is 0.851. The van der Waals surface area contributed by atoms with Gasteiger partial charge in [-0.25, -0.2) is 8.78 Å². The largest absolute Gasteiger partial charge is 0.307 e. The molecule has 1 heterocycles. The van der Waals surface area contributed by atoms with Gasteiger partial charge in [0.15, 0.2) is 0 Å². The van der Waals surface area contributed by atoms with Crippen molar-refractivity contribution < 1.29 is 8.78 Å². The fraction of sp³-hybridized carbons (Fsp3) is 0.333. The molecule has 1 N–H and O–H groups in total. The van der Waals surface area contributed by atoms with Crippen LogP contribution in [0.3, 0.4) is 0 Å². The summed E-state index contributed by atoms with van der Waals surface area (Å²) in [5, 5.41) is 7.36. The molecule has 0 fully saturated rings. The van der Waals surface area contributed by atoms with E-state index in [1.165, 1.54) is 23.8 Å². The molecule has 4 heteroatoms. The number of benzene rings is 1. The van der Waals surface area contributed by atoms with Crippen molar-refractivity contribution in [2.45, 2.75) is 32.4 Å². The lowest BCUT2D eigenvalue weighted by Gasteiger charge is -2.21. The second-order valence-corrected chi connectivity index (χ2v) is 5.54. The lowest BCUT2D eigenvalue weighted by atomic mass is 10.0. The summed E-state index contributed by atoms with van der Waals surface area (Å²) in [5.74, 6) is -0.995. The van der Waals surface area contributed by atoms with Crippen molar-refractivity contribution in [3.05, 3.63) is 57.8 Å². The lowest BCUT2D eigenvalue weighted by molar-refractivity contribution is 0.440. The molecule has 0 saturated carbocycles. The van der Waals surface area contributed by atoms with Gasteiger partial charge in [0.05, 0.1) is 0 Å². The van der Waals surface area contributed by atoms with Gasteiger partial charge in [-0.05, 0) is 54.8 Å². The van der Waals surface area contributed by atoms with Crippen LogP contribution in [0.2, 0.25) is 0 Å². The maximum atomic E-state index is 13.7. The highest BCUT2D eigenvalue weighted by Crippen LogP contribution is 2.21. The Balaban J connectivity index is 2.02. The van der Waals surface area contributed by atoms with E-state index in [0.29, 0.717) is 0 Å². The molecule has 2 unspecified atom stereocenters. The molecule has 2 rings (SSSR count). The van der Waals surface area contributed by atoms with Crippen LogP contribution in [0.5, 0.6) is 0 Å². The van der Waals surface area contributed by atoms with Gasteiger partial charge < -0.3 is 5.32 Å². The molecule has 19 heavy (non-hydrogen) atoms. The Morgan fingerprint density at radius 2 is 1.84 bits per heavy atom. The first kappa shape index (κ1) is 14.2. The Bertz CT molecular complexity index is 505. The number of halogens is 2. The van der Waals surface area contributed by atoms with Crippen molar-refractivity contribution >= 4 is 11.3 Å². The second-order valence-electron chi connectivity index (χ2n) is 4.76. The zero-order valence-electron chi connectivity index (χ0n) is 11.0. The summed E-state index contributed by atoms with van der Waals surface area (Å²) in [5.41, 5.74) is 1.35. The van der Waals surface area contributed by atoms with Gasteiger partial charge in [-0.15, -0.1) is 0 Å². The van der Waals surface area contributed by atoms with E-state index in [0.717, 1.165) is 6.42 Å². The topological polar surface area (TPSA) is 12.0 Å².